The quantitative estimate of drug-likeness (QED) is 0.858. The van der Waals surface area contributed by atoms with E-state index in [1.165, 1.54) is 0 Å². The second-order valence-corrected chi connectivity index (χ2v) is 5.82. The van der Waals surface area contributed by atoms with Crippen LogP contribution in [0.25, 0.3) is 0 Å². The SMILES string of the molecule is NCC1CN(CCOc2ccc(N3CCCOC3=O)cc2)C1. The Morgan fingerprint density at radius 2 is 2.05 bits per heavy atom. The van der Waals surface area contributed by atoms with E-state index in [1.54, 1.807) is 4.90 Å². The van der Waals surface area contributed by atoms with Crippen molar-refractivity contribution in [1.29, 1.82) is 0 Å². The van der Waals surface area contributed by atoms with Gasteiger partial charge < -0.3 is 15.2 Å². The van der Waals surface area contributed by atoms with E-state index >= 15 is 0 Å². The average molecular weight is 305 g/mol. The fourth-order valence-electron chi connectivity index (χ4n) is 2.81. The molecule has 1 aromatic carbocycles. The van der Waals surface area contributed by atoms with Crippen LogP contribution < -0.4 is 15.4 Å². The summed E-state index contributed by atoms with van der Waals surface area (Å²) in [5.74, 6) is 1.48. The molecular weight excluding hydrogens is 282 g/mol. The molecule has 0 aromatic heterocycles. The number of likely N-dealkylation sites (tertiary alicyclic amines) is 1. The zero-order valence-electron chi connectivity index (χ0n) is 12.7. The Morgan fingerprint density at radius 3 is 2.73 bits per heavy atom. The van der Waals surface area contributed by atoms with Gasteiger partial charge in [0.15, 0.2) is 0 Å². The van der Waals surface area contributed by atoms with Crippen molar-refractivity contribution < 1.29 is 14.3 Å². The van der Waals surface area contributed by atoms with Crippen molar-refractivity contribution in [3.05, 3.63) is 24.3 Å². The van der Waals surface area contributed by atoms with Gasteiger partial charge in [-0.2, -0.15) is 0 Å². The third-order valence-corrected chi connectivity index (χ3v) is 4.16. The van der Waals surface area contributed by atoms with Gasteiger partial charge in [-0.25, -0.2) is 4.79 Å². The summed E-state index contributed by atoms with van der Waals surface area (Å²) < 4.78 is 10.8. The van der Waals surface area contributed by atoms with E-state index in [-0.39, 0.29) is 6.09 Å². The van der Waals surface area contributed by atoms with Crippen molar-refractivity contribution in [1.82, 2.24) is 4.90 Å². The summed E-state index contributed by atoms with van der Waals surface area (Å²) in [5.41, 5.74) is 6.46. The number of anilines is 1. The van der Waals surface area contributed by atoms with Gasteiger partial charge in [0.25, 0.3) is 0 Å². The topological polar surface area (TPSA) is 68.0 Å². The number of nitrogens with two attached hydrogens (primary N) is 1. The molecule has 2 saturated heterocycles. The zero-order valence-corrected chi connectivity index (χ0v) is 12.7. The van der Waals surface area contributed by atoms with Crippen LogP contribution in [0.1, 0.15) is 6.42 Å². The molecule has 0 aliphatic carbocycles. The first-order chi connectivity index (χ1) is 10.8. The number of hydrogen-bond acceptors (Lipinski definition) is 5. The van der Waals surface area contributed by atoms with Gasteiger partial charge in [0.2, 0.25) is 0 Å². The van der Waals surface area contributed by atoms with Gasteiger partial charge in [0, 0.05) is 31.9 Å². The average Bonchev–Trinajstić information content (AvgIpc) is 2.51. The normalized spacial score (nSPS) is 19.7. The van der Waals surface area contributed by atoms with Crippen molar-refractivity contribution in [3.8, 4) is 5.75 Å². The van der Waals surface area contributed by atoms with Gasteiger partial charge in [-0.3, -0.25) is 9.80 Å². The van der Waals surface area contributed by atoms with Gasteiger partial charge in [0.1, 0.15) is 12.4 Å². The number of cyclic esters (lactones) is 1. The molecule has 3 rings (SSSR count). The Hall–Kier alpha value is -1.79. The molecule has 2 N–H and O–H groups in total. The molecule has 0 bridgehead atoms. The molecule has 1 aromatic rings. The molecule has 0 atom stereocenters. The Kier molecular flexibility index (Phi) is 4.80. The molecule has 2 heterocycles. The van der Waals surface area contributed by atoms with Gasteiger partial charge in [-0.1, -0.05) is 0 Å². The lowest BCUT2D eigenvalue weighted by Gasteiger charge is -2.38. The second kappa shape index (κ2) is 6.98. The maximum atomic E-state index is 11.7. The van der Waals surface area contributed by atoms with Crippen LogP contribution in [-0.4, -0.2) is 56.9 Å². The van der Waals surface area contributed by atoms with E-state index < -0.39 is 0 Å². The number of hydrogen-bond donors (Lipinski definition) is 1. The molecule has 6 heteroatoms. The molecule has 120 valence electrons. The minimum absolute atomic E-state index is 0.271. The molecule has 0 radical (unpaired) electrons. The van der Waals surface area contributed by atoms with Crippen molar-refractivity contribution in [2.24, 2.45) is 11.7 Å². The van der Waals surface area contributed by atoms with E-state index in [2.05, 4.69) is 4.90 Å². The summed E-state index contributed by atoms with van der Waals surface area (Å²) in [4.78, 5) is 15.7. The number of carbonyl (C=O) groups is 1. The first-order valence-electron chi connectivity index (χ1n) is 7.86. The lowest BCUT2D eigenvalue weighted by molar-refractivity contribution is 0.0875. The number of benzene rings is 1. The fourth-order valence-corrected chi connectivity index (χ4v) is 2.81. The van der Waals surface area contributed by atoms with Crippen LogP contribution in [0.5, 0.6) is 5.75 Å². The van der Waals surface area contributed by atoms with Crippen molar-refractivity contribution in [2.45, 2.75) is 6.42 Å². The summed E-state index contributed by atoms with van der Waals surface area (Å²) in [6.07, 6.45) is 0.594. The van der Waals surface area contributed by atoms with Gasteiger partial charge in [-0.05, 0) is 43.1 Å². The zero-order chi connectivity index (χ0) is 15.4. The highest BCUT2D eigenvalue weighted by atomic mass is 16.6. The van der Waals surface area contributed by atoms with Gasteiger partial charge in [0.05, 0.1) is 6.61 Å². The highest BCUT2D eigenvalue weighted by Crippen LogP contribution is 2.22. The standard InChI is InChI=1S/C16H23N3O3/c17-10-13-11-18(12-13)7-9-21-15-4-2-14(3-5-15)19-6-1-8-22-16(19)20/h2-5,13H,1,6-12,17H2. The van der Waals surface area contributed by atoms with Crippen LogP contribution >= 0.6 is 0 Å². The maximum Gasteiger partial charge on any atom is 0.414 e. The number of rotatable bonds is 6. The molecule has 1 amide bonds. The first kappa shape index (κ1) is 15.1. The van der Waals surface area contributed by atoms with Crippen LogP contribution in [0.4, 0.5) is 10.5 Å². The maximum absolute atomic E-state index is 11.7. The molecule has 2 aliphatic rings. The summed E-state index contributed by atoms with van der Waals surface area (Å²) in [6, 6.07) is 7.60. The van der Waals surface area contributed by atoms with E-state index in [0.29, 0.717) is 25.7 Å². The van der Waals surface area contributed by atoms with E-state index in [1.807, 2.05) is 24.3 Å². The molecule has 2 fully saturated rings. The molecular formula is C16H23N3O3. The number of carbonyl (C=O) groups excluding carboxylic acids is 1. The predicted octanol–water partition coefficient (Wildman–Crippen LogP) is 1.30. The number of nitrogens with zero attached hydrogens (tertiary/aromatic N) is 2. The van der Waals surface area contributed by atoms with Crippen LogP contribution in [0.15, 0.2) is 24.3 Å². The van der Waals surface area contributed by atoms with Gasteiger partial charge in [-0.15, -0.1) is 0 Å². The molecule has 0 saturated carbocycles. The van der Waals surface area contributed by atoms with E-state index in [9.17, 15) is 4.79 Å². The smallest absolute Gasteiger partial charge is 0.414 e. The highest BCUT2D eigenvalue weighted by molar-refractivity contribution is 5.88. The monoisotopic (exact) mass is 305 g/mol. The summed E-state index contributed by atoms with van der Waals surface area (Å²) >= 11 is 0. The Morgan fingerprint density at radius 1 is 1.27 bits per heavy atom. The van der Waals surface area contributed by atoms with Crippen LogP contribution in [0.2, 0.25) is 0 Å². The molecule has 22 heavy (non-hydrogen) atoms. The third-order valence-electron chi connectivity index (χ3n) is 4.16. The first-order valence-corrected chi connectivity index (χ1v) is 7.86. The summed E-state index contributed by atoms with van der Waals surface area (Å²) in [6.45, 7) is 5.75. The summed E-state index contributed by atoms with van der Waals surface area (Å²) in [7, 11) is 0. The Balaban J connectivity index is 1.44. The molecule has 0 unspecified atom stereocenters. The van der Waals surface area contributed by atoms with Crippen LogP contribution in [-0.2, 0) is 4.74 Å². The third kappa shape index (κ3) is 3.51. The fraction of sp³-hybridized carbons (Fsp3) is 0.562. The lowest BCUT2D eigenvalue weighted by Crippen LogP contribution is -2.50. The minimum Gasteiger partial charge on any atom is -0.492 e. The molecule has 2 aliphatic heterocycles. The van der Waals surface area contributed by atoms with Crippen molar-refractivity contribution in [3.63, 3.8) is 0 Å². The second-order valence-electron chi connectivity index (χ2n) is 5.82. The molecule has 0 spiro atoms. The van der Waals surface area contributed by atoms with Gasteiger partial charge >= 0.3 is 6.09 Å². The lowest BCUT2D eigenvalue weighted by atomic mass is 10.0. The Labute approximate surface area is 130 Å². The Bertz CT molecular complexity index is 500. The minimum atomic E-state index is -0.271. The molecule has 6 nitrogen and oxygen atoms in total. The number of ether oxygens (including phenoxy) is 2. The largest absolute Gasteiger partial charge is 0.492 e. The number of amides is 1. The highest BCUT2D eigenvalue weighted by Gasteiger charge is 2.24. The summed E-state index contributed by atoms with van der Waals surface area (Å²) in [5, 5.41) is 0. The van der Waals surface area contributed by atoms with E-state index in [4.69, 9.17) is 15.2 Å². The predicted molar refractivity (Wildman–Crippen MR) is 84.2 cm³/mol. The van der Waals surface area contributed by atoms with Crippen molar-refractivity contribution in [2.75, 3.05) is 50.8 Å². The van der Waals surface area contributed by atoms with Crippen LogP contribution in [0, 0.1) is 5.92 Å². The van der Waals surface area contributed by atoms with Crippen LogP contribution in [0.3, 0.4) is 0 Å². The van der Waals surface area contributed by atoms with E-state index in [0.717, 1.165) is 44.0 Å². The van der Waals surface area contributed by atoms with Crippen molar-refractivity contribution >= 4 is 11.8 Å².